The van der Waals surface area contributed by atoms with Gasteiger partial charge in [0.25, 0.3) is 5.56 Å². The van der Waals surface area contributed by atoms with Crippen molar-refractivity contribution < 1.29 is 4.79 Å². The van der Waals surface area contributed by atoms with Crippen LogP contribution >= 0.6 is 11.3 Å². The maximum Gasteiger partial charge on any atom is 0.321 e. The lowest BCUT2D eigenvalue weighted by molar-refractivity contribution is 0.139. The van der Waals surface area contributed by atoms with Gasteiger partial charge in [-0.15, -0.1) is 11.3 Å². The second kappa shape index (κ2) is 7.47. The van der Waals surface area contributed by atoms with E-state index in [2.05, 4.69) is 17.5 Å². The number of urea groups is 1. The van der Waals surface area contributed by atoms with E-state index in [-0.39, 0.29) is 23.4 Å². The van der Waals surface area contributed by atoms with Gasteiger partial charge in [-0.25, -0.2) is 4.79 Å². The second-order valence-corrected chi connectivity index (χ2v) is 8.84. The van der Waals surface area contributed by atoms with Crippen LogP contribution in [0.4, 0.5) is 10.5 Å². The van der Waals surface area contributed by atoms with Gasteiger partial charge >= 0.3 is 6.03 Å². The third-order valence-corrected chi connectivity index (χ3v) is 6.82. The van der Waals surface area contributed by atoms with E-state index in [0.29, 0.717) is 30.9 Å². The number of rotatable bonds is 2. The first-order valence-electron chi connectivity index (χ1n) is 9.96. The van der Waals surface area contributed by atoms with Crippen LogP contribution in [0.3, 0.4) is 0 Å². The summed E-state index contributed by atoms with van der Waals surface area (Å²) >= 11 is 1.58. The fraction of sp³-hybridized carbons (Fsp3) is 0.261. The topological polar surface area (TPSA) is 78.1 Å². The van der Waals surface area contributed by atoms with Crippen LogP contribution < -0.4 is 10.9 Å². The molecular formula is C23H20N4O2S. The van der Waals surface area contributed by atoms with Crippen molar-refractivity contribution in [3.8, 4) is 16.5 Å². The van der Waals surface area contributed by atoms with Crippen LogP contribution in [0, 0.1) is 17.2 Å². The Morgan fingerprint density at radius 1 is 1.13 bits per heavy atom. The molecule has 30 heavy (non-hydrogen) atoms. The molecule has 0 spiro atoms. The second-order valence-electron chi connectivity index (χ2n) is 7.89. The fourth-order valence-corrected chi connectivity index (χ4v) is 5.34. The van der Waals surface area contributed by atoms with Crippen LogP contribution in [-0.4, -0.2) is 28.6 Å². The van der Waals surface area contributed by atoms with Gasteiger partial charge in [0, 0.05) is 41.8 Å². The van der Waals surface area contributed by atoms with Crippen LogP contribution in [-0.2, 0) is 6.54 Å². The quantitative estimate of drug-likeness (QED) is 0.683. The maximum absolute atomic E-state index is 13.1. The van der Waals surface area contributed by atoms with Crippen molar-refractivity contribution in [2.45, 2.75) is 18.9 Å². The van der Waals surface area contributed by atoms with Gasteiger partial charge in [-0.3, -0.25) is 4.79 Å². The molecule has 2 bridgehead atoms. The molecule has 2 amide bonds. The molecule has 0 saturated carbocycles. The first-order valence-corrected chi connectivity index (χ1v) is 10.8. The lowest BCUT2D eigenvalue weighted by Crippen LogP contribution is -2.50. The Bertz CT molecular complexity index is 1210. The van der Waals surface area contributed by atoms with Crippen molar-refractivity contribution in [2.75, 3.05) is 18.4 Å². The van der Waals surface area contributed by atoms with Crippen molar-refractivity contribution in [3.63, 3.8) is 0 Å². The number of thiophene rings is 1. The number of anilines is 1. The predicted molar refractivity (Wildman–Crippen MR) is 117 cm³/mol. The molecule has 4 heterocycles. The van der Waals surface area contributed by atoms with E-state index >= 15 is 0 Å². The van der Waals surface area contributed by atoms with Crippen molar-refractivity contribution in [1.82, 2.24) is 9.47 Å². The summed E-state index contributed by atoms with van der Waals surface area (Å²) in [5.74, 6) is 0.405. The lowest BCUT2D eigenvalue weighted by Gasteiger charge is -2.42. The molecule has 2 aromatic heterocycles. The van der Waals surface area contributed by atoms with Crippen molar-refractivity contribution in [2.24, 2.45) is 5.92 Å². The zero-order valence-electron chi connectivity index (χ0n) is 16.2. The smallest absolute Gasteiger partial charge is 0.321 e. The summed E-state index contributed by atoms with van der Waals surface area (Å²) in [6, 6.07) is 16.8. The monoisotopic (exact) mass is 416 g/mol. The normalized spacial score (nSPS) is 19.6. The standard InChI is InChI=1S/C23H20N4O2S/c24-11-15-3-1-4-18(10-15)25-23(29)26-12-16-9-17(14-26)20-7-6-19(21-5-2-8-30-21)22(28)27(20)13-16/h1-8,10,16-17H,9,12-14H2,(H,25,29)/t16-,17-/m1/s1. The Hall–Kier alpha value is -3.37. The van der Waals surface area contributed by atoms with Crippen molar-refractivity contribution in [1.29, 1.82) is 5.26 Å². The molecule has 0 radical (unpaired) electrons. The molecule has 5 rings (SSSR count). The lowest BCUT2D eigenvalue weighted by atomic mass is 9.83. The Morgan fingerprint density at radius 2 is 2.03 bits per heavy atom. The molecule has 1 N–H and O–H groups in total. The summed E-state index contributed by atoms with van der Waals surface area (Å²) < 4.78 is 1.92. The minimum atomic E-state index is -0.161. The Kier molecular flexibility index (Phi) is 4.64. The Morgan fingerprint density at radius 3 is 2.83 bits per heavy atom. The number of carbonyl (C=O) groups is 1. The molecule has 2 atom stereocenters. The van der Waals surface area contributed by atoms with Crippen LogP contribution in [0.15, 0.2) is 58.7 Å². The van der Waals surface area contributed by atoms with Crippen LogP contribution in [0.1, 0.15) is 23.6 Å². The molecule has 0 unspecified atom stereocenters. The number of nitrogens with zero attached hydrogens (tertiary/aromatic N) is 3. The van der Waals surface area contributed by atoms with Crippen molar-refractivity contribution in [3.05, 3.63) is 75.5 Å². The van der Waals surface area contributed by atoms with Gasteiger partial charge in [-0.2, -0.15) is 5.26 Å². The number of nitrogens with one attached hydrogen (secondary N) is 1. The molecule has 1 fully saturated rings. The average molecular weight is 417 g/mol. The summed E-state index contributed by atoms with van der Waals surface area (Å²) in [7, 11) is 0. The molecule has 2 aliphatic heterocycles. The summed E-state index contributed by atoms with van der Waals surface area (Å²) in [6.07, 6.45) is 0.992. The third kappa shape index (κ3) is 3.29. The number of benzene rings is 1. The average Bonchev–Trinajstić information content (AvgIpc) is 3.29. The van der Waals surface area contributed by atoms with Crippen LogP contribution in [0.2, 0.25) is 0 Å². The molecule has 6 nitrogen and oxygen atoms in total. The minimum Gasteiger partial charge on any atom is -0.324 e. The number of nitriles is 1. The minimum absolute atomic E-state index is 0.0656. The highest BCUT2D eigenvalue weighted by Crippen LogP contribution is 2.36. The maximum atomic E-state index is 13.1. The SMILES string of the molecule is N#Cc1cccc(NC(=O)N2C[C@H]3C[C@H](C2)c2ccc(-c4cccs4)c(=O)n2C3)c1. The number of carbonyl (C=O) groups excluding carboxylic acids is 1. The largest absolute Gasteiger partial charge is 0.324 e. The van der Waals surface area contributed by atoms with Gasteiger partial charge in [0.15, 0.2) is 0 Å². The van der Waals surface area contributed by atoms with E-state index in [1.807, 2.05) is 33.0 Å². The summed E-state index contributed by atoms with van der Waals surface area (Å²) in [4.78, 5) is 28.8. The van der Waals surface area contributed by atoms with Gasteiger partial charge < -0.3 is 14.8 Å². The number of amides is 2. The highest BCUT2D eigenvalue weighted by atomic mass is 32.1. The van der Waals surface area contributed by atoms with E-state index < -0.39 is 0 Å². The molecular weight excluding hydrogens is 396 g/mol. The summed E-state index contributed by atoms with van der Waals surface area (Å²) in [6.45, 7) is 1.84. The van der Waals surface area contributed by atoms with Crippen LogP contribution in [0.5, 0.6) is 0 Å². The number of hydrogen-bond donors (Lipinski definition) is 1. The zero-order valence-corrected chi connectivity index (χ0v) is 17.1. The molecule has 0 aliphatic carbocycles. The van der Waals surface area contributed by atoms with Gasteiger partial charge in [-0.1, -0.05) is 12.1 Å². The highest BCUT2D eigenvalue weighted by Gasteiger charge is 2.36. The first kappa shape index (κ1) is 18.6. The molecule has 150 valence electrons. The van der Waals surface area contributed by atoms with E-state index in [1.165, 1.54) is 0 Å². The summed E-state index contributed by atoms with van der Waals surface area (Å²) in [5.41, 5.74) is 2.96. The first-order chi connectivity index (χ1) is 14.6. The van der Waals surface area contributed by atoms with Gasteiger partial charge in [0.05, 0.1) is 17.2 Å². The molecule has 1 aromatic carbocycles. The Labute approximate surface area is 178 Å². The molecule has 3 aromatic rings. The number of fused-ring (bicyclic) bond motifs is 4. The van der Waals surface area contributed by atoms with E-state index in [1.54, 1.807) is 35.6 Å². The molecule has 7 heteroatoms. The zero-order chi connectivity index (χ0) is 20.7. The van der Waals surface area contributed by atoms with Gasteiger partial charge in [0.1, 0.15) is 0 Å². The number of aromatic nitrogens is 1. The third-order valence-electron chi connectivity index (χ3n) is 5.92. The summed E-state index contributed by atoms with van der Waals surface area (Å²) in [5, 5.41) is 13.9. The molecule has 2 aliphatic rings. The van der Waals surface area contributed by atoms with E-state index in [9.17, 15) is 9.59 Å². The van der Waals surface area contributed by atoms with E-state index in [0.717, 1.165) is 22.6 Å². The van der Waals surface area contributed by atoms with Gasteiger partial charge in [0.2, 0.25) is 0 Å². The fourth-order valence-electron chi connectivity index (χ4n) is 4.60. The van der Waals surface area contributed by atoms with Crippen molar-refractivity contribution >= 4 is 23.1 Å². The number of piperidine rings is 1. The van der Waals surface area contributed by atoms with Gasteiger partial charge in [-0.05, 0) is 54.1 Å². The Balaban J connectivity index is 1.38. The number of hydrogen-bond acceptors (Lipinski definition) is 4. The van der Waals surface area contributed by atoms with E-state index in [4.69, 9.17) is 5.26 Å². The number of pyridine rings is 1. The highest BCUT2D eigenvalue weighted by molar-refractivity contribution is 7.13. The number of likely N-dealkylation sites (tertiary alicyclic amines) is 1. The molecule has 1 saturated heterocycles. The predicted octanol–water partition coefficient (Wildman–Crippen LogP) is 4.10. The van der Waals surface area contributed by atoms with Crippen LogP contribution in [0.25, 0.3) is 10.4 Å².